The van der Waals surface area contributed by atoms with Gasteiger partial charge in [-0.25, -0.2) is 17.9 Å². The van der Waals surface area contributed by atoms with E-state index < -0.39 is 21.8 Å². The van der Waals surface area contributed by atoms with Crippen LogP contribution in [0.15, 0.2) is 15.4 Å². The number of nitrogens with zero attached hydrogens (tertiary/aromatic N) is 1. The van der Waals surface area contributed by atoms with Gasteiger partial charge < -0.3 is 19.2 Å². The number of carbonyl (C=O) groups is 1. The zero-order chi connectivity index (χ0) is 16.0. The molecule has 1 heterocycles. The zero-order valence-corrected chi connectivity index (χ0v) is 13.1. The molecule has 0 spiro atoms. The van der Waals surface area contributed by atoms with E-state index in [0.717, 1.165) is 6.07 Å². The molecule has 2 N–H and O–H groups in total. The average molecular weight is 320 g/mol. The predicted molar refractivity (Wildman–Crippen MR) is 75.0 cm³/mol. The molecule has 0 fully saturated rings. The van der Waals surface area contributed by atoms with Crippen molar-refractivity contribution in [1.29, 1.82) is 0 Å². The lowest BCUT2D eigenvalue weighted by atomic mass is 10.4. The number of ether oxygens (including phenoxy) is 1. The summed E-state index contributed by atoms with van der Waals surface area (Å²) in [4.78, 5) is 12.5. The summed E-state index contributed by atoms with van der Waals surface area (Å²) in [5.41, 5.74) is 0. The molecule has 0 aliphatic carbocycles. The van der Waals surface area contributed by atoms with Crippen LogP contribution >= 0.6 is 0 Å². The standard InChI is InChI=1S/C12H20N2O6S/c1-9-11(8-10(20-9)12(15)16)21(17,18)13-4-5-14(2)6-7-19-3/h8,13H,4-7H2,1-3H3,(H,15,16). The van der Waals surface area contributed by atoms with Gasteiger partial charge in [-0.2, -0.15) is 0 Å². The second kappa shape index (κ2) is 7.55. The first-order chi connectivity index (χ1) is 9.77. The van der Waals surface area contributed by atoms with Crippen LogP contribution in [0.1, 0.15) is 16.3 Å². The number of aryl methyl sites for hydroxylation is 1. The smallest absolute Gasteiger partial charge is 0.371 e. The Bertz CT molecular complexity index is 581. The molecule has 0 aliphatic heterocycles. The van der Waals surface area contributed by atoms with Crippen molar-refractivity contribution in [2.45, 2.75) is 11.8 Å². The van der Waals surface area contributed by atoms with E-state index in [9.17, 15) is 13.2 Å². The van der Waals surface area contributed by atoms with E-state index in [1.54, 1.807) is 7.11 Å². The van der Waals surface area contributed by atoms with Gasteiger partial charge in [0.15, 0.2) is 0 Å². The minimum atomic E-state index is -3.78. The third-order valence-corrected chi connectivity index (χ3v) is 4.40. The number of methoxy groups -OCH3 is 1. The summed E-state index contributed by atoms with van der Waals surface area (Å²) in [7, 11) is -0.343. The molecule has 0 radical (unpaired) electrons. The minimum Gasteiger partial charge on any atom is -0.475 e. The van der Waals surface area contributed by atoms with Crippen LogP contribution < -0.4 is 4.72 Å². The van der Waals surface area contributed by atoms with Crippen LogP contribution in [-0.4, -0.2) is 64.8 Å². The Hall–Kier alpha value is -1.42. The second-order valence-electron chi connectivity index (χ2n) is 4.53. The van der Waals surface area contributed by atoms with Gasteiger partial charge in [0, 0.05) is 32.8 Å². The van der Waals surface area contributed by atoms with Crippen LogP contribution in [0.4, 0.5) is 0 Å². The van der Waals surface area contributed by atoms with Crippen LogP contribution in [0.3, 0.4) is 0 Å². The van der Waals surface area contributed by atoms with E-state index in [-0.39, 0.29) is 17.2 Å². The normalized spacial score (nSPS) is 12.0. The maximum Gasteiger partial charge on any atom is 0.371 e. The third-order valence-electron chi connectivity index (χ3n) is 2.84. The summed E-state index contributed by atoms with van der Waals surface area (Å²) < 4.78 is 36.4. The Morgan fingerprint density at radius 3 is 2.67 bits per heavy atom. The van der Waals surface area contributed by atoms with E-state index in [1.165, 1.54) is 6.92 Å². The van der Waals surface area contributed by atoms with Crippen LogP contribution in [0.25, 0.3) is 0 Å². The number of likely N-dealkylation sites (N-methyl/N-ethyl adjacent to an activating group) is 1. The van der Waals surface area contributed by atoms with Crippen molar-refractivity contribution in [3.05, 3.63) is 17.6 Å². The Kier molecular flexibility index (Phi) is 6.34. The van der Waals surface area contributed by atoms with Crippen LogP contribution in [0.2, 0.25) is 0 Å². The number of hydrogen-bond donors (Lipinski definition) is 2. The van der Waals surface area contributed by atoms with Crippen molar-refractivity contribution in [3.63, 3.8) is 0 Å². The van der Waals surface area contributed by atoms with Gasteiger partial charge >= 0.3 is 5.97 Å². The molecule has 0 saturated carbocycles. The zero-order valence-electron chi connectivity index (χ0n) is 12.2. The number of aromatic carboxylic acids is 1. The molecular weight excluding hydrogens is 300 g/mol. The Morgan fingerprint density at radius 1 is 1.48 bits per heavy atom. The minimum absolute atomic E-state index is 0.0487. The number of rotatable bonds is 9. The highest BCUT2D eigenvalue weighted by atomic mass is 32.2. The van der Waals surface area contributed by atoms with E-state index in [2.05, 4.69) is 4.72 Å². The SMILES string of the molecule is COCCN(C)CCNS(=O)(=O)c1cc(C(=O)O)oc1C. The predicted octanol–water partition coefficient (Wildman–Crippen LogP) is 0.143. The van der Waals surface area contributed by atoms with E-state index in [1.807, 2.05) is 11.9 Å². The van der Waals surface area contributed by atoms with Gasteiger partial charge in [0.2, 0.25) is 15.8 Å². The highest BCUT2D eigenvalue weighted by molar-refractivity contribution is 7.89. The molecule has 0 aromatic carbocycles. The number of furan rings is 1. The van der Waals surface area contributed by atoms with E-state index in [0.29, 0.717) is 19.7 Å². The van der Waals surface area contributed by atoms with Gasteiger partial charge in [-0.3, -0.25) is 0 Å². The number of carboxylic acid groups (broad SMARTS) is 1. The number of nitrogens with one attached hydrogen (secondary N) is 1. The van der Waals surface area contributed by atoms with Crippen molar-refractivity contribution in [2.24, 2.45) is 0 Å². The first-order valence-electron chi connectivity index (χ1n) is 6.29. The van der Waals surface area contributed by atoms with Crippen LogP contribution in [0.5, 0.6) is 0 Å². The fraction of sp³-hybridized carbons (Fsp3) is 0.583. The quantitative estimate of drug-likeness (QED) is 0.666. The second-order valence-corrected chi connectivity index (χ2v) is 6.27. The monoisotopic (exact) mass is 320 g/mol. The van der Waals surface area contributed by atoms with Gasteiger partial charge in [-0.1, -0.05) is 0 Å². The first kappa shape index (κ1) is 17.6. The fourth-order valence-electron chi connectivity index (χ4n) is 1.65. The third kappa shape index (κ3) is 5.12. The molecular formula is C12H20N2O6S. The fourth-order valence-corrected chi connectivity index (χ4v) is 2.84. The van der Waals surface area contributed by atoms with Gasteiger partial charge in [0.05, 0.1) is 6.61 Å². The van der Waals surface area contributed by atoms with Crippen molar-refractivity contribution >= 4 is 16.0 Å². The topological polar surface area (TPSA) is 109 Å². The molecule has 8 nitrogen and oxygen atoms in total. The maximum atomic E-state index is 12.1. The number of sulfonamides is 1. The molecule has 0 aliphatic rings. The molecule has 1 aromatic rings. The van der Waals surface area contributed by atoms with Crippen LogP contribution in [-0.2, 0) is 14.8 Å². The summed E-state index contributed by atoms with van der Waals surface area (Å²) in [5.74, 6) is -1.66. The molecule has 0 unspecified atom stereocenters. The molecule has 0 bridgehead atoms. The summed E-state index contributed by atoms with van der Waals surface area (Å²) in [5, 5.41) is 8.79. The van der Waals surface area contributed by atoms with Gasteiger partial charge in [0.1, 0.15) is 10.7 Å². The van der Waals surface area contributed by atoms with E-state index >= 15 is 0 Å². The maximum absolute atomic E-state index is 12.1. The molecule has 0 saturated heterocycles. The number of hydrogen-bond acceptors (Lipinski definition) is 6. The first-order valence-corrected chi connectivity index (χ1v) is 7.77. The summed E-state index contributed by atoms with van der Waals surface area (Å²) in [6.07, 6.45) is 0. The highest BCUT2D eigenvalue weighted by Gasteiger charge is 2.23. The van der Waals surface area contributed by atoms with Crippen LogP contribution in [0, 0.1) is 6.92 Å². The molecule has 0 atom stereocenters. The summed E-state index contributed by atoms with van der Waals surface area (Å²) in [6.45, 7) is 3.37. The molecule has 9 heteroatoms. The molecule has 1 aromatic heterocycles. The Labute approximate surface area is 123 Å². The van der Waals surface area contributed by atoms with Gasteiger partial charge in [0.25, 0.3) is 0 Å². The molecule has 120 valence electrons. The van der Waals surface area contributed by atoms with Crippen molar-refractivity contribution in [1.82, 2.24) is 9.62 Å². The highest BCUT2D eigenvalue weighted by Crippen LogP contribution is 2.19. The van der Waals surface area contributed by atoms with Gasteiger partial charge in [-0.15, -0.1) is 0 Å². The molecule has 21 heavy (non-hydrogen) atoms. The lowest BCUT2D eigenvalue weighted by Crippen LogP contribution is -2.34. The summed E-state index contributed by atoms with van der Waals surface area (Å²) in [6, 6.07) is 1.01. The summed E-state index contributed by atoms with van der Waals surface area (Å²) >= 11 is 0. The van der Waals surface area contributed by atoms with E-state index in [4.69, 9.17) is 14.3 Å². The molecule has 0 amide bonds. The van der Waals surface area contributed by atoms with Crippen molar-refractivity contribution in [3.8, 4) is 0 Å². The van der Waals surface area contributed by atoms with Gasteiger partial charge in [-0.05, 0) is 14.0 Å². The number of carboxylic acids is 1. The average Bonchev–Trinajstić information content (AvgIpc) is 2.79. The lowest BCUT2D eigenvalue weighted by molar-refractivity contribution is 0.0661. The van der Waals surface area contributed by atoms with Crippen molar-refractivity contribution < 1.29 is 27.5 Å². The largest absolute Gasteiger partial charge is 0.475 e. The molecule has 1 rings (SSSR count). The van der Waals surface area contributed by atoms with Crippen molar-refractivity contribution in [2.75, 3.05) is 40.4 Å². The Morgan fingerprint density at radius 2 is 2.14 bits per heavy atom. The Balaban J connectivity index is 2.63. The lowest BCUT2D eigenvalue weighted by Gasteiger charge is -2.16.